The quantitative estimate of drug-likeness (QED) is 0.624. The molecule has 0 aliphatic carbocycles. The molecule has 4 rings (SSSR count). The molecular weight excluding hydrogens is 401 g/mol. The van der Waals surface area contributed by atoms with Crippen molar-refractivity contribution in [2.24, 2.45) is 11.7 Å². The first-order valence-corrected chi connectivity index (χ1v) is 9.88. The minimum atomic E-state index is -0.636. The smallest absolute Gasteiger partial charge is 0.254 e. The Morgan fingerprint density at radius 1 is 1.42 bits per heavy atom. The third-order valence-electron chi connectivity index (χ3n) is 5.33. The number of nitrogens with one attached hydrogen (secondary N) is 1. The highest BCUT2D eigenvalue weighted by Crippen LogP contribution is 2.31. The summed E-state index contributed by atoms with van der Waals surface area (Å²) >= 11 is 0. The highest BCUT2D eigenvalue weighted by molar-refractivity contribution is 5.98. The van der Waals surface area contributed by atoms with Crippen LogP contribution in [0.1, 0.15) is 34.3 Å². The largest absolute Gasteiger partial charge is 0.365 e. The molecule has 0 bridgehead atoms. The lowest BCUT2D eigenvalue weighted by Gasteiger charge is -2.34. The van der Waals surface area contributed by atoms with Gasteiger partial charge in [0.1, 0.15) is 17.1 Å². The third kappa shape index (κ3) is 4.57. The Bertz CT molecular complexity index is 1120. The van der Waals surface area contributed by atoms with Crippen LogP contribution >= 0.6 is 0 Å². The number of nitrogens with zero attached hydrogens (tertiary/aromatic N) is 5. The maximum absolute atomic E-state index is 13.2. The topological polar surface area (TPSA) is 126 Å². The summed E-state index contributed by atoms with van der Waals surface area (Å²) in [5.74, 6) is -0.311. The lowest BCUT2D eigenvalue weighted by Crippen LogP contribution is -2.40. The van der Waals surface area contributed by atoms with E-state index in [2.05, 4.69) is 26.5 Å². The molecule has 10 heteroatoms. The number of hydrogen-bond acceptors (Lipinski definition) is 7. The maximum atomic E-state index is 13.2. The number of benzene rings is 1. The molecule has 0 spiro atoms. The molecule has 0 saturated carbocycles. The second-order valence-electron chi connectivity index (χ2n) is 7.62. The molecule has 31 heavy (non-hydrogen) atoms. The Morgan fingerprint density at radius 2 is 2.19 bits per heavy atom. The minimum absolute atomic E-state index is 0.206. The van der Waals surface area contributed by atoms with Gasteiger partial charge in [-0.25, -0.2) is 4.39 Å². The van der Waals surface area contributed by atoms with Gasteiger partial charge >= 0.3 is 0 Å². The van der Waals surface area contributed by atoms with Crippen molar-refractivity contribution in [3.8, 4) is 6.07 Å². The van der Waals surface area contributed by atoms with Crippen molar-refractivity contribution >= 4 is 17.4 Å². The summed E-state index contributed by atoms with van der Waals surface area (Å²) in [6.45, 7) is 3.72. The summed E-state index contributed by atoms with van der Waals surface area (Å²) in [5, 5.41) is 21.3. The maximum Gasteiger partial charge on any atom is 0.254 e. The molecule has 0 radical (unpaired) electrons. The van der Waals surface area contributed by atoms with E-state index in [1.165, 1.54) is 12.1 Å². The fourth-order valence-corrected chi connectivity index (χ4v) is 3.82. The van der Waals surface area contributed by atoms with Crippen LogP contribution in [0.4, 0.5) is 15.9 Å². The van der Waals surface area contributed by atoms with Crippen molar-refractivity contribution in [2.75, 3.05) is 18.4 Å². The summed E-state index contributed by atoms with van der Waals surface area (Å²) < 4.78 is 19.9. The van der Waals surface area contributed by atoms with E-state index in [9.17, 15) is 14.4 Å². The first kappa shape index (κ1) is 20.6. The van der Waals surface area contributed by atoms with Crippen LogP contribution < -0.4 is 11.1 Å². The molecule has 3 aromatic rings. The molecular formula is C21H22FN7O2. The average molecular weight is 423 g/mol. The number of carbonyl (C=O) groups is 1. The zero-order chi connectivity index (χ0) is 22.0. The summed E-state index contributed by atoms with van der Waals surface area (Å²) in [6.07, 6.45) is 2.24. The van der Waals surface area contributed by atoms with Crippen LogP contribution in [0.25, 0.3) is 0 Å². The first-order valence-electron chi connectivity index (χ1n) is 9.88. The molecule has 1 aliphatic heterocycles. The Balaban J connectivity index is 1.52. The molecule has 2 aromatic heterocycles. The number of halogens is 1. The lowest BCUT2D eigenvalue weighted by atomic mass is 9.93. The molecule has 1 saturated heterocycles. The highest BCUT2D eigenvalue weighted by atomic mass is 19.1. The van der Waals surface area contributed by atoms with Gasteiger partial charge < -0.3 is 15.6 Å². The highest BCUT2D eigenvalue weighted by Gasteiger charge is 2.32. The average Bonchev–Trinajstić information content (AvgIpc) is 3.35. The van der Waals surface area contributed by atoms with E-state index >= 15 is 0 Å². The van der Waals surface area contributed by atoms with Gasteiger partial charge in [0.05, 0.1) is 23.7 Å². The number of aromatic nitrogens is 3. The summed E-state index contributed by atoms with van der Waals surface area (Å²) in [6, 6.07) is 9.74. The Hall–Kier alpha value is -3.71. The number of piperidine rings is 1. The van der Waals surface area contributed by atoms with E-state index in [1.807, 2.05) is 13.0 Å². The van der Waals surface area contributed by atoms with Crippen molar-refractivity contribution in [3.05, 3.63) is 59.4 Å². The van der Waals surface area contributed by atoms with Gasteiger partial charge in [-0.2, -0.15) is 10.4 Å². The number of carbonyl (C=O) groups excluding carboxylic acids is 1. The van der Waals surface area contributed by atoms with Gasteiger partial charge in [0.15, 0.2) is 5.82 Å². The molecule has 9 nitrogen and oxygen atoms in total. The number of aryl methyl sites for hydroxylation is 1. The van der Waals surface area contributed by atoms with E-state index in [-0.39, 0.29) is 29.2 Å². The van der Waals surface area contributed by atoms with E-state index in [4.69, 9.17) is 10.3 Å². The van der Waals surface area contributed by atoms with Crippen molar-refractivity contribution in [1.82, 2.24) is 19.8 Å². The van der Waals surface area contributed by atoms with Crippen LogP contribution in [0.5, 0.6) is 0 Å². The van der Waals surface area contributed by atoms with Crippen molar-refractivity contribution in [1.29, 1.82) is 5.26 Å². The van der Waals surface area contributed by atoms with Gasteiger partial charge in [-0.1, -0.05) is 5.16 Å². The summed E-state index contributed by atoms with van der Waals surface area (Å²) in [7, 11) is 0. The van der Waals surface area contributed by atoms with Crippen LogP contribution in [-0.2, 0) is 6.54 Å². The zero-order valence-electron chi connectivity index (χ0n) is 17.0. The van der Waals surface area contributed by atoms with Crippen LogP contribution in [0, 0.1) is 30.0 Å². The summed E-state index contributed by atoms with van der Waals surface area (Å²) in [4.78, 5) is 14.1. The molecule has 2 atom stereocenters. The first-order chi connectivity index (χ1) is 14.9. The Kier molecular flexibility index (Phi) is 5.68. The van der Waals surface area contributed by atoms with Gasteiger partial charge in [-0.3, -0.25) is 14.4 Å². The second-order valence-corrected chi connectivity index (χ2v) is 7.62. The van der Waals surface area contributed by atoms with Crippen molar-refractivity contribution in [2.45, 2.75) is 25.9 Å². The number of nitrogens with two attached hydrogens (primary N) is 1. The zero-order valence-corrected chi connectivity index (χ0v) is 17.0. The fraction of sp³-hybridized carbons (Fsp3) is 0.333. The number of primary amides is 1. The predicted octanol–water partition coefficient (Wildman–Crippen LogP) is 2.75. The van der Waals surface area contributed by atoms with Crippen molar-refractivity contribution < 1.29 is 13.7 Å². The number of anilines is 2. The molecule has 1 fully saturated rings. The van der Waals surface area contributed by atoms with Gasteiger partial charge in [0.25, 0.3) is 5.91 Å². The Labute approximate surface area is 178 Å². The lowest BCUT2D eigenvalue weighted by molar-refractivity contribution is 0.100. The van der Waals surface area contributed by atoms with Crippen molar-refractivity contribution in [3.63, 3.8) is 0 Å². The number of likely N-dealkylation sites (tertiary alicyclic amines) is 1. The van der Waals surface area contributed by atoms with Crippen LogP contribution in [0.15, 0.2) is 41.1 Å². The molecule has 160 valence electrons. The standard InChI is InChI=1S/C21H22FN7O2/c1-13-8-17(27-31-13)11-28-7-6-19(14(9-23)10-28)29-12-18(20(24)30)21(26-29)25-16-4-2-15(22)3-5-16/h2-5,8,12,14,19H,6-7,10-11H2,1H3,(H2,24,30)(H,25,26)/t14-,19+/m1/s1. The molecule has 0 unspecified atom stereocenters. The van der Waals surface area contributed by atoms with E-state index < -0.39 is 5.91 Å². The molecule has 3 N–H and O–H groups in total. The normalized spacial score (nSPS) is 19.1. The second kappa shape index (κ2) is 8.57. The number of hydrogen-bond donors (Lipinski definition) is 2. The molecule has 1 amide bonds. The number of nitriles is 1. The molecule has 1 aromatic carbocycles. The van der Waals surface area contributed by atoms with Gasteiger partial charge in [-0.15, -0.1) is 0 Å². The Morgan fingerprint density at radius 3 is 2.84 bits per heavy atom. The van der Waals surface area contributed by atoms with E-state index in [0.717, 1.165) is 18.0 Å². The third-order valence-corrected chi connectivity index (χ3v) is 5.33. The predicted molar refractivity (Wildman–Crippen MR) is 110 cm³/mol. The van der Waals surface area contributed by atoms with E-state index in [1.54, 1.807) is 23.0 Å². The van der Waals surface area contributed by atoms with Gasteiger partial charge in [-0.05, 0) is 37.6 Å². The van der Waals surface area contributed by atoms with E-state index in [0.29, 0.717) is 25.2 Å². The SMILES string of the molecule is Cc1cc(CN2CC[C@H](n3cc(C(N)=O)c(Nc4ccc(F)cc4)n3)[C@H](C#N)C2)no1. The van der Waals surface area contributed by atoms with Gasteiger partial charge in [0, 0.05) is 37.6 Å². The fourth-order valence-electron chi connectivity index (χ4n) is 3.82. The van der Waals surface area contributed by atoms with Crippen LogP contribution in [0.2, 0.25) is 0 Å². The van der Waals surface area contributed by atoms with Crippen LogP contribution in [-0.4, -0.2) is 38.8 Å². The molecule has 1 aliphatic rings. The monoisotopic (exact) mass is 423 g/mol. The minimum Gasteiger partial charge on any atom is -0.365 e. The molecule has 3 heterocycles. The number of rotatable bonds is 6. The summed E-state index contributed by atoms with van der Waals surface area (Å²) in [5.41, 5.74) is 7.14. The van der Waals surface area contributed by atoms with Gasteiger partial charge in [0.2, 0.25) is 0 Å². The number of amides is 1. The van der Waals surface area contributed by atoms with Crippen LogP contribution in [0.3, 0.4) is 0 Å².